The van der Waals surface area contributed by atoms with Crippen LogP contribution in [0.1, 0.15) is 5.56 Å². The summed E-state index contributed by atoms with van der Waals surface area (Å²) >= 11 is 1.80. The minimum Gasteiger partial charge on any atom is -0.452 e. The molecule has 41 heavy (non-hydrogen) atoms. The largest absolute Gasteiger partial charge is 0.452 e. The molecule has 0 bridgehead atoms. The second kappa shape index (κ2) is 8.32. The second-order valence-electron chi connectivity index (χ2n) is 10.4. The predicted octanol–water partition coefficient (Wildman–Crippen LogP) is 10.6. The maximum atomic E-state index is 10.3. The maximum absolute atomic E-state index is 10.3. The van der Waals surface area contributed by atoms with Gasteiger partial charge in [-0.1, -0.05) is 78.9 Å². The molecule has 0 atom stereocenters. The molecule has 3 aromatic heterocycles. The fourth-order valence-corrected chi connectivity index (χ4v) is 7.63. The van der Waals surface area contributed by atoms with Crippen LogP contribution in [-0.2, 0) is 0 Å². The number of nitriles is 1. The minimum absolute atomic E-state index is 0.540. The van der Waals surface area contributed by atoms with E-state index in [0.717, 1.165) is 44.2 Å². The van der Waals surface area contributed by atoms with Gasteiger partial charge in [0.2, 0.25) is 0 Å². The lowest BCUT2D eigenvalue weighted by Gasteiger charge is -2.08. The Balaban J connectivity index is 1.37. The van der Waals surface area contributed by atoms with E-state index < -0.39 is 0 Å². The van der Waals surface area contributed by atoms with E-state index in [-0.39, 0.29) is 0 Å². The Morgan fingerprint density at radius 1 is 0.585 bits per heavy atom. The summed E-state index contributed by atoms with van der Waals surface area (Å²) < 4.78 is 11.4. The summed E-state index contributed by atoms with van der Waals surface area (Å²) in [6.45, 7) is 0. The van der Waals surface area contributed by atoms with Crippen molar-refractivity contribution in [1.29, 1.82) is 5.26 Å². The van der Waals surface area contributed by atoms with Crippen LogP contribution in [0.2, 0.25) is 0 Å². The molecule has 0 unspecified atom stereocenters. The Morgan fingerprint density at radius 2 is 1.24 bits per heavy atom. The number of hydrogen-bond acceptors (Lipinski definition) is 3. The Kier molecular flexibility index (Phi) is 4.55. The lowest BCUT2D eigenvalue weighted by atomic mass is 9.96. The van der Waals surface area contributed by atoms with Crippen LogP contribution >= 0.6 is 11.3 Å². The second-order valence-corrected chi connectivity index (χ2v) is 11.5. The van der Waals surface area contributed by atoms with Gasteiger partial charge >= 0.3 is 0 Å². The molecular weight excluding hydrogens is 520 g/mol. The number of thiophene rings is 1. The zero-order valence-corrected chi connectivity index (χ0v) is 22.6. The molecule has 9 rings (SSSR count). The van der Waals surface area contributed by atoms with Gasteiger partial charge in [0, 0.05) is 41.7 Å². The first-order valence-corrected chi connectivity index (χ1v) is 14.4. The van der Waals surface area contributed by atoms with Crippen LogP contribution in [-0.4, -0.2) is 4.57 Å². The summed E-state index contributed by atoms with van der Waals surface area (Å²) in [5, 5.41) is 17.1. The van der Waals surface area contributed by atoms with Gasteiger partial charge in [0.25, 0.3) is 0 Å². The molecule has 0 aliphatic rings. The fraction of sp³-hybridized carbons (Fsp3) is 0. The molecule has 0 amide bonds. The van der Waals surface area contributed by atoms with Gasteiger partial charge in [0.05, 0.1) is 22.3 Å². The third-order valence-corrected chi connectivity index (χ3v) is 9.37. The van der Waals surface area contributed by atoms with Crippen LogP contribution in [0.3, 0.4) is 0 Å². The lowest BCUT2D eigenvalue weighted by Crippen LogP contribution is -1.93. The van der Waals surface area contributed by atoms with E-state index in [1.54, 1.807) is 11.3 Å². The van der Waals surface area contributed by atoms with Crippen molar-refractivity contribution in [3.8, 4) is 22.9 Å². The molecule has 0 saturated carbocycles. The van der Waals surface area contributed by atoms with Gasteiger partial charge in [0.1, 0.15) is 6.07 Å². The number of fused-ring (bicyclic) bond motifs is 9. The van der Waals surface area contributed by atoms with Crippen LogP contribution in [0.4, 0.5) is 0 Å². The highest BCUT2D eigenvalue weighted by Crippen LogP contribution is 2.43. The molecule has 0 saturated heterocycles. The van der Waals surface area contributed by atoms with E-state index in [0.29, 0.717) is 11.1 Å². The van der Waals surface area contributed by atoms with E-state index in [9.17, 15) is 5.26 Å². The Labute approximate surface area is 238 Å². The quantitative estimate of drug-likeness (QED) is 0.219. The van der Waals surface area contributed by atoms with Crippen LogP contribution in [0.15, 0.2) is 126 Å². The first-order valence-electron chi connectivity index (χ1n) is 13.6. The monoisotopic (exact) mass is 540 g/mol. The zero-order valence-electron chi connectivity index (χ0n) is 21.8. The molecule has 190 valence electrons. The van der Waals surface area contributed by atoms with E-state index in [1.807, 2.05) is 6.07 Å². The summed E-state index contributed by atoms with van der Waals surface area (Å²) in [6.07, 6.45) is 0. The summed E-state index contributed by atoms with van der Waals surface area (Å²) in [5.41, 5.74) is 7.31. The summed E-state index contributed by atoms with van der Waals surface area (Å²) in [6, 6.07) is 44.8. The zero-order chi connectivity index (χ0) is 27.1. The number of para-hydroxylation sites is 3. The normalized spacial score (nSPS) is 11.9. The van der Waals surface area contributed by atoms with Crippen molar-refractivity contribution in [3.63, 3.8) is 0 Å². The molecule has 6 aromatic carbocycles. The molecule has 0 aliphatic heterocycles. The van der Waals surface area contributed by atoms with Crippen LogP contribution in [0, 0.1) is 11.3 Å². The fourth-order valence-electron chi connectivity index (χ4n) is 6.50. The number of aromatic nitrogens is 1. The standard InChI is InChI=1S/C37H20N2OS/c38-21-23-19-22(24-12-8-18-34-35(24)28-11-3-6-17-33(28)41-34)20-29-27-13-7-16-32(37(27)40-36(23)29)39-30-14-4-1-9-25(30)26-10-2-5-15-31(26)39/h1-20H. The van der Waals surface area contributed by atoms with Crippen molar-refractivity contribution >= 4 is 75.3 Å². The van der Waals surface area contributed by atoms with Gasteiger partial charge < -0.3 is 8.98 Å². The minimum atomic E-state index is 0.540. The van der Waals surface area contributed by atoms with Crippen molar-refractivity contribution < 1.29 is 4.42 Å². The van der Waals surface area contributed by atoms with Gasteiger partial charge in [0.15, 0.2) is 11.2 Å². The average molecular weight is 541 g/mol. The molecule has 0 radical (unpaired) electrons. The van der Waals surface area contributed by atoms with Crippen molar-refractivity contribution in [2.75, 3.05) is 0 Å². The molecule has 3 nitrogen and oxygen atoms in total. The van der Waals surface area contributed by atoms with E-state index >= 15 is 0 Å². The van der Waals surface area contributed by atoms with Crippen molar-refractivity contribution in [1.82, 2.24) is 4.57 Å². The number of benzene rings is 6. The lowest BCUT2D eigenvalue weighted by molar-refractivity contribution is 0.665. The third-order valence-electron chi connectivity index (χ3n) is 8.23. The molecular formula is C37H20N2OS. The predicted molar refractivity (Wildman–Crippen MR) is 171 cm³/mol. The molecule has 0 fully saturated rings. The third kappa shape index (κ3) is 3.07. The molecule has 0 aliphatic carbocycles. The average Bonchev–Trinajstić information content (AvgIpc) is 3.70. The maximum Gasteiger partial charge on any atom is 0.159 e. The summed E-state index contributed by atoms with van der Waals surface area (Å²) in [4.78, 5) is 0. The highest BCUT2D eigenvalue weighted by molar-refractivity contribution is 7.25. The van der Waals surface area contributed by atoms with Crippen molar-refractivity contribution in [2.45, 2.75) is 0 Å². The smallest absolute Gasteiger partial charge is 0.159 e. The van der Waals surface area contributed by atoms with Crippen LogP contribution in [0.25, 0.3) is 80.7 Å². The first kappa shape index (κ1) is 22.4. The SMILES string of the molecule is N#Cc1cc(-c2cccc3sc4ccccc4c23)cc2c1oc1c(-n3c4ccccc4c4ccccc43)cccc12. The van der Waals surface area contributed by atoms with Crippen LogP contribution < -0.4 is 0 Å². The van der Waals surface area contributed by atoms with Crippen molar-refractivity contribution in [2.24, 2.45) is 0 Å². The molecule has 0 spiro atoms. The van der Waals surface area contributed by atoms with E-state index in [1.165, 1.54) is 30.9 Å². The number of nitrogens with zero attached hydrogens (tertiary/aromatic N) is 2. The number of hydrogen-bond donors (Lipinski definition) is 0. The Bertz CT molecular complexity index is 2500. The molecule has 3 heterocycles. The highest BCUT2D eigenvalue weighted by Gasteiger charge is 2.20. The Morgan fingerprint density at radius 3 is 2.02 bits per heavy atom. The highest BCUT2D eigenvalue weighted by atomic mass is 32.1. The topological polar surface area (TPSA) is 41.9 Å². The van der Waals surface area contributed by atoms with Gasteiger partial charge in [-0.15, -0.1) is 11.3 Å². The van der Waals surface area contributed by atoms with Crippen molar-refractivity contribution in [3.05, 3.63) is 127 Å². The van der Waals surface area contributed by atoms with Crippen LogP contribution in [0.5, 0.6) is 0 Å². The van der Waals surface area contributed by atoms with Gasteiger partial charge in [-0.05, 0) is 53.6 Å². The molecule has 9 aromatic rings. The number of rotatable bonds is 2. The van der Waals surface area contributed by atoms with Gasteiger partial charge in [-0.25, -0.2) is 0 Å². The number of furan rings is 1. The van der Waals surface area contributed by atoms with E-state index in [2.05, 4.69) is 126 Å². The van der Waals surface area contributed by atoms with Gasteiger partial charge in [-0.3, -0.25) is 0 Å². The molecule has 4 heteroatoms. The Hall–Kier alpha value is -5.37. The van der Waals surface area contributed by atoms with E-state index in [4.69, 9.17) is 4.42 Å². The summed E-state index contributed by atoms with van der Waals surface area (Å²) in [5.74, 6) is 0. The molecule has 0 N–H and O–H groups in total. The van der Waals surface area contributed by atoms with Gasteiger partial charge in [-0.2, -0.15) is 5.26 Å². The summed E-state index contributed by atoms with van der Waals surface area (Å²) in [7, 11) is 0. The first-order chi connectivity index (χ1) is 20.3.